The number of rotatable bonds is 4. The van der Waals surface area contributed by atoms with Gasteiger partial charge in [0.05, 0.1) is 6.54 Å². The van der Waals surface area contributed by atoms with Gasteiger partial charge in [-0.15, -0.1) is 0 Å². The molecule has 2 aromatic heterocycles. The number of pyridine rings is 1. The average Bonchev–Trinajstić information content (AvgIpc) is 3.44. The number of carboxylic acids is 1. The third-order valence-corrected chi connectivity index (χ3v) is 5.09. The molecule has 0 saturated carbocycles. The zero-order chi connectivity index (χ0) is 23.1. The van der Waals surface area contributed by atoms with Crippen LogP contribution < -0.4 is 4.90 Å². The maximum Gasteiger partial charge on any atom is 0.490 e. The first kappa shape index (κ1) is 23.5. The number of halogens is 3. The van der Waals surface area contributed by atoms with Gasteiger partial charge < -0.3 is 19.6 Å². The van der Waals surface area contributed by atoms with E-state index in [1.54, 1.807) is 6.20 Å². The van der Waals surface area contributed by atoms with Gasteiger partial charge in [0.2, 0.25) is 0 Å². The molecular formula is C20H24F3N5O4. The zero-order valence-electron chi connectivity index (χ0n) is 17.2. The summed E-state index contributed by atoms with van der Waals surface area (Å²) in [7, 11) is 0. The van der Waals surface area contributed by atoms with Crippen molar-refractivity contribution in [2.24, 2.45) is 0 Å². The Balaban J connectivity index is 0.000000360. The summed E-state index contributed by atoms with van der Waals surface area (Å²) < 4.78 is 39.2. The van der Waals surface area contributed by atoms with E-state index in [2.05, 4.69) is 21.0 Å². The number of aliphatic carboxylic acids is 1. The van der Waals surface area contributed by atoms with Crippen LogP contribution in [-0.4, -0.2) is 75.2 Å². The van der Waals surface area contributed by atoms with E-state index in [0.29, 0.717) is 19.7 Å². The maximum absolute atomic E-state index is 12.8. The molecule has 12 heteroatoms. The molecule has 1 N–H and O–H groups in total. The van der Waals surface area contributed by atoms with Crippen molar-refractivity contribution in [2.75, 3.05) is 31.1 Å². The van der Waals surface area contributed by atoms with Gasteiger partial charge in [0, 0.05) is 56.9 Å². The van der Waals surface area contributed by atoms with Crippen LogP contribution in [0, 0.1) is 0 Å². The van der Waals surface area contributed by atoms with Crippen molar-refractivity contribution in [3.63, 3.8) is 0 Å². The van der Waals surface area contributed by atoms with Gasteiger partial charge in [-0.1, -0.05) is 6.07 Å². The Morgan fingerprint density at radius 2 is 1.97 bits per heavy atom. The summed E-state index contributed by atoms with van der Waals surface area (Å²) >= 11 is 0. The second-order valence-electron chi connectivity index (χ2n) is 7.31. The molecular weight excluding hydrogens is 431 g/mol. The summed E-state index contributed by atoms with van der Waals surface area (Å²) in [5, 5.41) is 11.4. The number of fused-ring (bicyclic) bond motifs is 1. The summed E-state index contributed by atoms with van der Waals surface area (Å²) in [5.74, 6) is -1.67. The van der Waals surface area contributed by atoms with Crippen LogP contribution in [0.5, 0.6) is 0 Å². The zero-order valence-corrected chi connectivity index (χ0v) is 17.2. The van der Waals surface area contributed by atoms with Crippen LogP contribution in [0.4, 0.5) is 19.0 Å². The molecule has 9 nitrogen and oxygen atoms in total. The number of aromatic nitrogens is 3. The standard InChI is InChI=1S/C18H23N5O2.C2HF3O2/c24-18(16-5-2-13-25-16)22-10-9-21(11-12-23-8-3-7-20-23)17-15(14-22)4-1-6-19-17;3-2(4,5)1(6)7/h1,3-4,6-8,16H,2,5,9-14H2;(H,6,7)/t16-;/m1./s1. The lowest BCUT2D eigenvalue weighted by molar-refractivity contribution is -0.192. The summed E-state index contributed by atoms with van der Waals surface area (Å²) in [6.07, 6.45) is 2.02. The minimum absolute atomic E-state index is 0.112. The number of anilines is 1. The van der Waals surface area contributed by atoms with Crippen molar-refractivity contribution < 1.29 is 32.6 Å². The monoisotopic (exact) mass is 455 g/mol. The molecule has 4 rings (SSSR count). The van der Waals surface area contributed by atoms with Crippen molar-refractivity contribution in [1.82, 2.24) is 19.7 Å². The molecule has 0 aromatic carbocycles. The van der Waals surface area contributed by atoms with Crippen LogP contribution in [0.3, 0.4) is 0 Å². The summed E-state index contributed by atoms with van der Waals surface area (Å²) in [6, 6.07) is 5.92. The lowest BCUT2D eigenvalue weighted by Gasteiger charge is -2.25. The molecule has 32 heavy (non-hydrogen) atoms. The van der Waals surface area contributed by atoms with Gasteiger partial charge in [-0.3, -0.25) is 9.48 Å². The van der Waals surface area contributed by atoms with Crippen LogP contribution in [0.1, 0.15) is 18.4 Å². The fourth-order valence-electron chi connectivity index (χ4n) is 3.51. The van der Waals surface area contributed by atoms with Gasteiger partial charge in [-0.05, 0) is 25.0 Å². The van der Waals surface area contributed by atoms with Gasteiger partial charge in [0.15, 0.2) is 0 Å². The highest BCUT2D eigenvalue weighted by Gasteiger charge is 2.38. The van der Waals surface area contributed by atoms with E-state index in [0.717, 1.165) is 43.9 Å². The number of ether oxygens (including phenoxy) is 1. The van der Waals surface area contributed by atoms with E-state index in [1.165, 1.54) is 0 Å². The summed E-state index contributed by atoms with van der Waals surface area (Å²) in [4.78, 5) is 30.4. The Morgan fingerprint density at radius 3 is 2.59 bits per heavy atom. The topological polar surface area (TPSA) is 101 Å². The predicted molar refractivity (Wildman–Crippen MR) is 107 cm³/mol. The molecule has 0 radical (unpaired) electrons. The van der Waals surface area contributed by atoms with E-state index in [1.807, 2.05) is 34.1 Å². The van der Waals surface area contributed by atoms with Gasteiger partial charge in [-0.25, -0.2) is 9.78 Å². The fourth-order valence-corrected chi connectivity index (χ4v) is 3.51. The van der Waals surface area contributed by atoms with E-state index in [-0.39, 0.29) is 12.0 Å². The molecule has 1 saturated heterocycles. The van der Waals surface area contributed by atoms with Crippen LogP contribution in [0.15, 0.2) is 36.8 Å². The first-order valence-electron chi connectivity index (χ1n) is 10.1. The van der Waals surface area contributed by atoms with Crippen LogP contribution >= 0.6 is 0 Å². The highest BCUT2D eigenvalue weighted by molar-refractivity contribution is 5.81. The Morgan fingerprint density at radius 1 is 1.19 bits per heavy atom. The lowest BCUT2D eigenvalue weighted by Crippen LogP contribution is -2.41. The van der Waals surface area contributed by atoms with E-state index in [9.17, 15) is 18.0 Å². The molecule has 0 bridgehead atoms. The molecule has 174 valence electrons. The average molecular weight is 455 g/mol. The Labute approximate surface area is 182 Å². The molecule has 4 heterocycles. The SMILES string of the molecule is O=C(O)C(F)(F)F.O=C([C@H]1CCCO1)N1CCN(CCn2cccn2)c2ncccc2C1. The lowest BCUT2D eigenvalue weighted by atomic mass is 10.2. The molecule has 2 aliphatic rings. The highest BCUT2D eigenvalue weighted by Crippen LogP contribution is 2.24. The molecule has 0 unspecified atom stereocenters. The van der Waals surface area contributed by atoms with Crippen LogP contribution in [0.25, 0.3) is 0 Å². The number of alkyl halides is 3. The third kappa shape index (κ3) is 6.19. The van der Waals surface area contributed by atoms with Crippen LogP contribution in [-0.2, 0) is 27.4 Å². The number of nitrogens with zero attached hydrogens (tertiary/aromatic N) is 5. The van der Waals surface area contributed by atoms with Crippen molar-refractivity contribution in [3.8, 4) is 0 Å². The van der Waals surface area contributed by atoms with E-state index < -0.39 is 12.1 Å². The smallest absolute Gasteiger partial charge is 0.475 e. The number of carbonyl (C=O) groups excluding carboxylic acids is 1. The molecule has 1 atom stereocenters. The van der Waals surface area contributed by atoms with E-state index in [4.69, 9.17) is 14.6 Å². The fraction of sp³-hybridized carbons (Fsp3) is 0.500. The van der Waals surface area contributed by atoms with Crippen molar-refractivity contribution >= 4 is 17.7 Å². The van der Waals surface area contributed by atoms with Crippen molar-refractivity contribution in [1.29, 1.82) is 0 Å². The summed E-state index contributed by atoms with van der Waals surface area (Å²) in [6.45, 7) is 4.35. The van der Waals surface area contributed by atoms with Gasteiger partial charge in [0.25, 0.3) is 5.91 Å². The number of hydrogen-bond acceptors (Lipinski definition) is 6. The van der Waals surface area contributed by atoms with Gasteiger partial charge >= 0.3 is 12.1 Å². The van der Waals surface area contributed by atoms with Gasteiger partial charge in [-0.2, -0.15) is 18.3 Å². The molecule has 2 aromatic rings. The third-order valence-electron chi connectivity index (χ3n) is 5.09. The quantitative estimate of drug-likeness (QED) is 0.752. The normalized spacial score (nSPS) is 18.4. The number of carboxylic acid groups (broad SMARTS) is 1. The highest BCUT2D eigenvalue weighted by atomic mass is 19.4. The minimum Gasteiger partial charge on any atom is -0.475 e. The second kappa shape index (κ2) is 10.4. The Hall–Kier alpha value is -3.15. The van der Waals surface area contributed by atoms with Crippen molar-refractivity contribution in [3.05, 3.63) is 42.4 Å². The molecule has 0 spiro atoms. The first-order chi connectivity index (χ1) is 15.3. The Bertz CT molecular complexity index is 901. The minimum atomic E-state index is -5.08. The molecule has 2 aliphatic heterocycles. The van der Waals surface area contributed by atoms with E-state index >= 15 is 0 Å². The summed E-state index contributed by atoms with van der Waals surface area (Å²) in [5.41, 5.74) is 1.09. The Kier molecular flexibility index (Phi) is 7.67. The van der Waals surface area contributed by atoms with Crippen molar-refractivity contribution in [2.45, 2.75) is 38.2 Å². The molecule has 0 aliphatic carbocycles. The second-order valence-corrected chi connectivity index (χ2v) is 7.31. The maximum atomic E-state index is 12.8. The number of carbonyl (C=O) groups is 2. The number of amides is 1. The van der Waals surface area contributed by atoms with Crippen LogP contribution in [0.2, 0.25) is 0 Å². The molecule has 1 fully saturated rings. The largest absolute Gasteiger partial charge is 0.490 e. The predicted octanol–water partition coefficient (Wildman–Crippen LogP) is 1.94. The first-order valence-corrected chi connectivity index (χ1v) is 10.1. The van der Waals surface area contributed by atoms with Gasteiger partial charge in [0.1, 0.15) is 11.9 Å². The number of hydrogen-bond donors (Lipinski definition) is 1. The molecule has 1 amide bonds.